The second-order valence-corrected chi connectivity index (χ2v) is 19.9. The van der Waals surface area contributed by atoms with E-state index in [0.29, 0.717) is 5.56 Å². The Bertz CT molecular complexity index is 2170. The van der Waals surface area contributed by atoms with Crippen LogP contribution in [0.15, 0.2) is 116 Å². The molecule has 1 saturated carbocycles. The first-order valence-electron chi connectivity index (χ1n) is 16.8. The number of nitrogens with zero attached hydrogens (tertiary/aromatic N) is 2. The van der Waals surface area contributed by atoms with E-state index < -0.39 is 8.07 Å². The van der Waals surface area contributed by atoms with Crippen LogP contribution in [0.2, 0.25) is 19.6 Å². The van der Waals surface area contributed by atoms with E-state index in [-0.39, 0.29) is 25.9 Å². The SMILES string of the molecule is C[Si](C)(C)c1ccc(-c2[c-]cccc2)nc1.Fc1ccccc1-c1ccc2c(c1)sc1c(-c3cc(CC4CCCC4)ccn3)[c-]ccc12.[Ir]. The molecule has 49 heavy (non-hydrogen) atoms. The first-order chi connectivity index (χ1) is 23.3. The maximum absolute atomic E-state index is 14.3. The third-order valence-corrected chi connectivity index (χ3v) is 12.5. The minimum atomic E-state index is -1.23. The van der Waals surface area contributed by atoms with Crippen LogP contribution in [0.3, 0.4) is 0 Å². The normalized spacial score (nSPS) is 13.2. The Morgan fingerprint density at radius 2 is 1.61 bits per heavy atom. The Balaban J connectivity index is 0.000000208. The molecule has 0 bridgehead atoms. The summed E-state index contributed by atoms with van der Waals surface area (Å²) < 4.78 is 16.7. The molecule has 1 aliphatic carbocycles. The number of aromatic nitrogens is 2. The Kier molecular flexibility index (Phi) is 11.0. The molecule has 1 fully saturated rings. The molecular weight excluding hydrogens is 816 g/mol. The van der Waals surface area contributed by atoms with E-state index in [2.05, 4.69) is 79.2 Å². The molecule has 0 spiro atoms. The van der Waals surface area contributed by atoms with Crippen LogP contribution in [-0.2, 0) is 26.5 Å². The van der Waals surface area contributed by atoms with Gasteiger partial charge in [-0.1, -0.05) is 105 Å². The third-order valence-electron chi connectivity index (χ3n) is 9.31. The zero-order valence-corrected chi connectivity index (χ0v) is 32.3. The van der Waals surface area contributed by atoms with Crippen molar-refractivity contribution in [2.24, 2.45) is 5.92 Å². The topological polar surface area (TPSA) is 25.8 Å². The standard InChI is InChI=1S/C29H23FNS.C14H16NSi.Ir/c30-26-11-4-3-8-22(26)21-12-13-23-24-9-5-10-25(29(24)32-28(23)18-21)27-17-20(14-15-31-27)16-19-6-1-2-7-19;1-16(2,3)13-9-10-14(15-11-13)12-7-5-4-6-8-12;/h3-5,8-9,11-15,17-19H,1-2,6-7,16H2;4-7,9-11H,1-3H3;/q2*-1;. The average Bonchev–Trinajstić information content (AvgIpc) is 3.76. The third kappa shape index (κ3) is 8.00. The molecule has 6 heteroatoms. The van der Waals surface area contributed by atoms with Crippen molar-refractivity contribution in [1.29, 1.82) is 0 Å². The second-order valence-electron chi connectivity index (χ2n) is 13.8. The number of benzene rings is 4. The van der Waals surface area contributed by atoms with Crippen molar-refractivity contribution in [2.75, 3.05) is 0 Å². The summed E-state index contributed by atoms with van der Waals surface area (Å²) in [5.41, 5.74) is 7.03. The van der Waals surface area contributed by atoms with E-state index in [1.165, 1.54) is 58.0 Å². The summed E-state index contributed by atoms with van der Waals surface area (Å²) in [6.45, 7) is 7.00. The van der Waals surface area contributed by atoms with Crippen molar-refractivity contribution < 1.29 is 24.5 Å². The van der Waals surface area contributed by atoms with Crippen molar-refractivity contribution in [1.82, 2.24) is 9.97 Å². The van der Waals surface area contributed by atoms with Crippen molar-refractivity contribution in [3.05, 3.63) is 139 Å². The molecule has 249 valence electrons. The zero-order chi connectivity index (χ0) is 33.1. The summed E-state index contributed by atoms with van der Waals surface area (Å²) in [5.74, 6) is 0.622. The first kappa shape index (κ1) is 35.0. The molecule has 1 radical (unpaired) electrons. The Labute approximate surface area is 307 Å². The van der Waals surface area contributed by atoms with Gasteiger partial charge in [0, 0.05) is 42.8 Å². The van der Waals surface area contributed by atoms with Gasteiger partial charge >= 0.3 is 0 Å². The van der Waals surface area contributed by atoms with Gasteiger partial charge in [-0.15, -0.1) is 59.7 Å². The summed E-state index contributed by atoms with van der Waals surface area (Å²) >= 11 is 1.74. The summed E-state index contributed by atoms with van der Waals surface area (Å²) in [7, 11) is -1.23. The van der Waals surface area contributed by atoms with Crippen LogP contribution in [0, 0.1) is 23.9 Å². The van der Waals surface area contributed by atoms with E-state index in [4.69, 9.17) is 4.98 Å². The fourth-order valence-electron chi connectivity index (χ4n) is 6.63. The van der Waals surface area contributed by atoms with E-state index in [1.54, 1.807) is 17.4 Å². The molecule has 0 atom stereocenters. The van der Waals surface area contributed by atoms with Gasteiger partial charge in [-0.05, 0) is 62.8 Å². The summed E-state index contributed by atoms with van der Waals surface area (Å²) in [6, 6.07) is 40.6. The number of rotatable bonds is 6. The number of hydrogen-bond acceptors (Lipinski definition) is 3. The largest absolute Gasteiger partial charge is 0.305 e. The van der Waals surface area contributed by atoms with Crippen LogP contribution in [-0.4, -0.2) is 18.0 Å². The van der Waals surface area contributed by atoms with Gasteiger partial charge in [-0.2, -0.15) is 11.3 Å². The van der Waals surface area contributed by atoms with Gasteiger partial charge in [0.1, 0.15) is 5.82 Å². The van der Waals surface area contributed by atoms with Crippen LogP contribution in [0.4, 0.5) is 4.39 Å². The second kappa shape index (κ2) is 15.4. The smallest absolute Gasteiger partial charge is 0.131 e. The van der Waals surface area contributed by atoms with Crippen molar-refractivity contribution in [3.8, 4) is 33.6 Å². The predicted molar refractivity (Wildman–Crippen MR) is 204 cm³/mol. The summed E-state index contributed by atoms with van der Waals surface area (Å²) in [5, 5.41) is 3.80. The quantitative estimate of drug-likeness (QED) is 0.123. The zero-order valence-electron chi connectivity index (χ0n) is 28.1. The van der Waals surface area contributed by atoms with Crippen LogP contribution in [0.5, 0.6) is 0 Å². The fourth-order valence-corrected chi connectivity index (χ4v) is 8.91. The number of pyridine rings is 2. The van der Waals surface area contributed by atoms with Crippen LogP contribution in [0.25, 0.3) is 53.8 Å². The molecule has 7 aromatic rings. The Morgan fingerprint density at radius 1 is 0.796 bits per heavy atom. The van der Waals surface area contributed by atoms with Gasteiger partial charge in [0.2, 0.25) is 0 Å². The van der Waals surface area contributed by atoms with E-state index in [9.17, 15) is 4.39 Å². The van der Waals surface area contributed by atoms with Gasteiger partial charge in [-0.25, -0.2) is 4.39 Å². The summed E-state index contributed by atoms with van der Waals surface area (Å²) in [6.07, 6.45) is 10.5. The monoisotopic (exact) mass is 855 g/mol. The molecule has 0 unspecified atom stereocenters. The van der Waals surface area contributed by atoms with Crippen molar-refractivity contribution in [2.45, 2.75) is 51.7 Å². The number of thiophene rings is 1. The van der Waals surface area contributed by atoms with Crippen LogP contribution in [0.1, 0.15) is 31.2 Å². The number of hydrogen-bond donors (Lipinski definition) is 0. The molecule has 8 rings (SSSR count). The van der Waals surface area contributed by atoms with Crippen LogP contribution >= 0.6 is 11.3 Å². The van der Waals surface area contributed by atoms with E-state index in [1.807, 2.05) is 60.9 Å². The first-order valence-corrected chi connectivity index (χ1v) is 21.2. The van der Waals surface area contributed by atoms with Gasteiger partial charge in [-0.3, -0.25) is 0 Å². The molecular formula is C43H39FIrN2SSi-2. The Hall–Kier alpha value is -3.80. The van der Waals surface area contributed by atoms with E-state index in [0.717, 1.165) is 45.1 Å². The molecule has 2 nitrogen and oxygen atoms in total. The average molecular weight is 855 g/mol. The minimum absolute atomic E-state index is 0. The van der Waals surface area contributed by atoms with Gasteiger partial charge in [0.15, 0.2) is 0 Å². The van der Waals surface area contributed by atoms with Gasteiger partial charge < -0.3 is 9.97 Å². The fraction of sp³-hybridized carbons (Fsp3) is 0.209. The molecule has 3 aromatic heterocycles. The number of fused-ring (bicyclic) bond motifs is 3. The summed E-state index contributed by atoms with van der Waals surface area (Å²) in [4.78, 5) is 9.23. The maximum Gasteiger partial charge on any atom is 0.131 e. The molecule has 0 saturated heterocycles. The minimum Gasteiger partial charge on any atom is -0.305 e. The molecule has 1 aliphatic rings. The maximum atomic E-state index is 14.3. The van der Waals surface area contributed by atoms with Gasteiger partial charge in [0.25, 0.3) is 0 Å². The number of halogens is 1. The van der Waals surface area contributed by atoms with Crippen molar-refractivity contribution in [3.63, 3.8) is 0 Å². The molecule has 0 amide bonds. The molecule has 3 heterocycles. The molecule has 0 N–H and O–H groups in total. The van der Waals surface area contributed by atoms with Crippen LogP contribution < -0.4 is 5.19 Å². The molecule has 0 aliphatic heterocycles. The van der Waals surface area contributed by atoms with Crippen molar-refractivity contribution >= 4 is 44.8 Å². The predicted octanol–water partition coefficient (Wildman–Crippen LogP) is 11.5. The Morgan fingerprint density at radius 3 is 2.35 bits per heavy atom. The van der Waals surface area contributed by atoms with Gasteiger partial charge in [0.05, 0.1) is 8.07 Å². The molecule has 4 aromatic carbocycles. The van der Waals surface area contributed by atoms with E-state index >= 15 is 0 Å².